The number of β-lactam (4-membered cyclic amide) rings is 1. The Morgan fingerprint density at radius 3 is 2.14 bits per heavy atom. The van der Waals surface area contributed by atoms with Gasteiger partial charge in [0.2, 0.25) is 0 Å². The summed E-state index contributed by atoms with van der Waals surface area (Å²) >= 11 is 0. The Hall–Kier alpha value is -1.56. The molecule has 0 radical (unpaired) electrons. The largest absolute Gasteiger partial charge is 0.444 e. The van der Waals surface area contributed by atoms with Crippen LogP contribution in [0.3, 0.4) is 0 Å². The number of hydrogen-bond donors (Lipinski definition) is 2. The molecule has 0 aromatic rings. The first kappa shape index (κ1) is 17.5. The molecule has 1 aliphatic rings. The molecular formula is C9H13F3N2O6S. The third-order valence-electron chi connectivity index (χ3n) is 2.31. The van der Waals surface area contributed by atoms with Crippen molar-refractivity contribution in [1.82, 2.24) is 9.62 Å². The van der Waals surface area contributed by atoms with E-state index in [1.165, 1.54) is 20.8 Å². The van der Waals surface area contributed by atoms with Crippen molar-refractivity contribution in [2.24, 2.45) is 0 Å². The van der Waals surface area contributed by atoms with E-state index in [9.17, 15) is 31.2 Å². The number of carbonyl (C=O) groups is 2. The van der Waals surface area contributed by atoms with Crippen LogP contribution in [0.1, 0.15) is 20.8 Å². The molecule has 0 bridgehead atoms. The van der Waals surface area contributed by atoms with E-state index in [-0.39, 0.29) is 0 Å². The fourth-order valence-electron chi connectivity index (χ4n) is 1.62. The first-order valence-electron chi connectivity index (χ1n) is 5.51. The molecule has 2 amide bonds. The minimum Gasteiger partial charge on any atom is -0.444 e. The van der Waals surface area contributed by atoms with Gasteiger partial charge in [0.05, 0.1) is 0 Å². The lowest BCUT2D eigenvalue weighted by atomic mass is 9.98. The zero-order valence-electron chi connectivity index (χ0n) is 11.1. The molecule has 0 saturated carbocycles. The molecule has 0 aromatic carbocycles. The number of nitrogens with one attached hydrogen (secondary N) is 1. The van der Waals surface area contributed by atoms with Crippen LogP contribution in [0, 0.1) is 0 Å². The molecule has 8 nitrogen and oxygen atoms in total. The number of carbonyl (C=O) groups excluding carboxylic acids is 2. The first-order valence-corrected chi connectivity index (χ1v) is 6.91. The Morgan fingerprint density at radius 1 is 1.33 bits per heavy atom. The predicted octanol–water partition coefficient (Wildman–Crippen LogP) is 0.456. The molecule has 1 saturated heterocycles. The summed E-state index contributed by atoms with van der Waals surface area (Å²) in [5.41, 5.74) is -1.02. The van der Waals surface area contributed by atoms with Gasteiger partial charge in [-0.2, -0.15) is 25.9 Å². The maximum atomic E-state index is 12.7. The summed E-state index contributed by atoms with van der Waals surface area (Å²) in [6.07, 6.45) is -6.48. The van der Waals surface area contributed by atoms with Gasteiger partial charge in [0.15, 0.2) is 6.04 Å². The molecule has 2 N–H and O–H groups in total. The van der Waals surface area contributed by atoms with Gasteiger partial charge >= 0.3 is 22.6 Å². The van der Waals surface area contributed by atoms with Crippen LogP contribution in [-0.4, -0.2) is 53.1 Å². The molecule has 12 heteroatoms. The van der Waals surface area contributed by atoms with Crippen molar-refractivity contribution in [2.45, 2.75) is 44.6 Å². The zero-order valence-corrected chi connectivity index (χ0v) is 11.9. The van der Waals surface area contributed by atoms with Crippen molar-refractivity contribution < 1.29 is 40.5 Å². The summed E-state index contributed by atoms with van der Waals surface area (Å²) in [5, 5.41) is 1.63. The second-order valence-electron chi connectivity index (χ2n) is 5.22. The Labute approximate surface area is 118 Å². The van der Waals surface area contributed by atoms with Crippen LogP contribution < -0.4 is 5.32 Å². The number of ether oxygens (including phenoxy) is 1. The summed E-state index contributed by atoms with van der Waals surface area (Å²) in [5.74, 6) is -1.61. The lowest BCUT2D eigenvalue weighted by molar-refractivity contribution is -0.207. The number of alkyl halides is 3. The predicted molar refractivity (Wildman–Crippen MR) is 61.4 cm³/mol. The van der Waals surface area contributed by atoms with E-state index in [4.69, 9.17) is 4.55 Å². The molecule has 2 unspecified atom stereocenters. The molecule has 0 spiro atoms. The molecule has 1 aliphatic heterocycles. The van der Waals surface area contributed by atoms with Gasteiger partial charge in [0, 0.05) is 0 Å². The monoisotopic (exact) mass is 334 g/mol. The van der Waals surface area contributed by atoms with Crippen LogP contribution in [0.15, 0.2) is 0 Å². The molecule has 1 heterocycles. The minimum atomic E-state index is -5.38. The third kappa shape index (κ3) is 3.97. The quantitative estimate of drug-likeness (QED) is 0.560. The highest BCUT2D eigenvalue weighted by Crippen LogP contribution is 2.36. The van der Waals surface area contributed by atoms with E-state index in [2.05, 4.69) is 4.74 Å². The maximum Gasteiger partial charge on any atom is 0.412 e. The number of amides is 2. The molecule has 122 valence electrons. The Morgan fingerprint density at radius 2 is 1.81 bits per heavy atom. The number of hydrogen-bond acceptors (Lipinski definition) is 5. The minimum absolute atomic E-state index is 0.741. The van der Waals surface area contributed by atoms with Crippen molar-refractivity contribution in [2.75, 3.05) is 0 Å². The summed E-state index contributed by atoms with van der Waals surface area (Å²) in [6.45, 7) is 4.34. The van der Waals surface area contributed by atoms with Gasteiger partial charge in [0.25, 0.3) is 5.91 Å². The molecule has 0 aromatic heterocycles. The van der Waals surface area contributed by atoms with Crippen LogP contribution in [0.25, 0.3) is 0 Å². The van der Waals surface area contributed by atoms with Gasteiger partial charge in [-0.3, -0.25) is 9.35 Å². The zero-order chi connectivity index (χ0) is 16.8. The van der Waals surface area contributed by atoms with Crippen molar-refractivity contribution >= 4 is 22.3 Å². The van der Waals surface area contributed by atoms with Crippen LogP contribution in [0.2, 0.25) is 0 Å². The number of alkyl carbamates (subject to hydrolysis) is 1. The van der Waals surface area contributed by atoms with Crippen molar-refractivity contribution in [3.05, 3.63) is 0 Å². The van der Waals surface area contributed by atoms with Crippen molar-refractivity contribution in [1.29, 1.82) is 0 Å². The average Bonchev–Trinajstić information content (AvgIpc) is 2.15. The van der Waals surface area contributed by atoms with Gasteiger partial charge in [-0.1, -0.05) is 0 Å². The fourth-order valence-corrected chi connectivity index (χ4v) is 2.49. The van der Waals surface area contributed by atoms with Gasteiger partial charge in [-0.25, -0.2) is 4.79 Å². The SMILES string of the molecule is CC(C)(C)OC(=O)NC1C(=O)N(S(=O)(=O)O)C1C(F)(F)F. The summed E-state index contributed by atoms with van der Waals surface area (Å²) in [6, 6.07) is -5.06. The molecule has 21 heavy (non-hydrogen) atoms. The summed E-state index contributed by atoms with van der Waals surface area (Å²) in [7, 11) is -5.38. The number of nitrogens with zero attached hydrogens (tertiary/aromatic N) is 1. The second-order valence-corrected chi connectivity index (χ2v) is 6.51. The van der Waals surface area contributed by atoms with Crippen LogP contribution in [0.5, 0.6) is 0 Å². The highest BCUT2D eigenvalue weighted by atomic mass is 32.2. The van der Waals surface area contributed by atoms with Gasteiger partial charge in [0.1, 0.15) is 11.6 Å². The average molecular weight is 334 g/mol. The second kappa shape index (κ2) is 5.02. The van der Waals surface area contributed by atoms with Gasteiger partial charge in [-0.15, -0.1) is 0 Å². The van der Waals surface area contributed by atoms with E-state index >= 15 is 0 Å². The van der Waals surface area contributed by atoms with E-state index in [1.807, 2.05) is 0 Å². The van der Waals surface area contributed by atoms with E-state index in [0.29, 0.717) is 0 Å². The van der Waals surface area contributed by atoms with E-state index in [0.717, 1.165) is 0 Å². The number of rotatable bonds is 2. The maximum absolute atomic E-state index is 12.7. The van der Waals surface area contributed by atoms with Crippen molar-refractivity contribution in [3.63, 3.8) is 0 Å². The topological polar surface area (TPSA) is 113 Å². The van der Waals surface area contributed by atoms with Crippen LogP contribution in [-0.2, 0) is 19.8 Å². The summed E-state index contributed by atoms with van der Waals surface area (Å²) in [4.78, 5) is 22.7. The smallest absolute Gasteiger partial charge is 0.412 e. The lowest BCUT2D eigenvalue weighted by Gasteiger charge is -2.44. The standard InChI is InChI=1S/C9H13F3N2O6S/c1-8(2,3)20-7(16)13-4-5(9(10,11)12)14(6(4)15)21(17,18)19/h4-5H,1-3H3,(H,13,16)(H,17,18,19). The Bertz CT molecular complexity index is 553. The fraction of sp³-hybridized carbons (Fsp3) is 0.778. The molecular weight excluding hydrogens is 321 g/mol. The van der Waals surface area contributed by atoms with E-state index in [1.54, 1.807) is 5.32 Å². The molecule has 1 fully saturated rings. The highest BCUT2D eigenvalue weighted by Gasteiger charge is 2.65. The van der Waals surface area contributed by atoms with Crippen LogP contribution >= 0.6 is 0 Å². The first-order chi connectivity index (χ1) is 9.14. The third-order valence-corrected chi connectivity index (χ3v) is 3.21. The molecule has 2 atom stereocenters. The normalized spacial score (nSPS) is 23.6. The van der Waals surface area contributed by atoms with Crippen molar-refractivity contribution in [3.8, 4) is 0 Å². The van der Waals surface area contributed by atoms with Gasteiger partial charge < -0.3 is 10.1 Å². The summed E-state index contributed by atoms with van der Waals surface area (Å²) < 4.78 is 72.3. The molecule has 0 aliphatic carbocycles. The van der Waals surface area contributed by atoms with Crippen LogP contribution in [0.4, 0.5) is 18.0 Å². The Kier molecular flexibility index (Phi) is 4.18. The Balaban J connectivity index is 2.93. The number of halogens is 3. The van der Waals surface area contributed by atoms with Gasteiger partial charge in [-0.05, 0) is 20.8 Å². The van der Waals surface area contributed by atoms with E-state index < -0.39 is 50.5 Å². The highest BCUT2D eigenvalue weighted by molar-refractivity contribution is 7.84. The lowest BCUT2D eigenvalue weighted by Crippen LogP contribution is -2.76. The molecule has 1 rings (SSSR count).